The molecule has 0 atom stereocenters. The lowest BCUT2D eigenvalue weighted by molar-refractivity contribution is -0.229. The highest BCUT2D eigenvalue weighted by atomic mass is 31.2. The molecule has 0 spiro atoms. The minimum absolute atomic E-state index is 0.123. The van der Waals surface area contributed by atoms with Crippen molar-refractivity contribution < 1.29 is 33.4 Å². The quantitative estimate of drug-likeness (QED) is 0.230. The van der Waals surface area contributed by atoms with Crippen molar-refractivity contribution in [1.29, 1.82) is 0 Å². The van der Waals surface area contributed by atoms with Crippen molar-refractivity contribution in [3.63, 3.8) is 0 Å². The molecular weight excluding hydrogens is 239 g/mol. The Morgan fingerprint density at radius 2 is 1.88 bits per heavy atom. The number of ether oxygens (including phenoxy) is 1. The van der Waals surface area contributed by atoms with Crippen molar-refractivity contribution in [3.8, 4) is 0 Å². The summed E-state index contributed by atoms with van der Waals surface area (Å²) in [5.74, 6) is -0.394. The zero-order valence-electron chi connectivity index (χ0n) is 9.50. The Kier molecular flexibility index (Phi) is 6.14. The van der Waals surface area contributed by atoms with E-state index in [1.54, 1.807) is 13.8 Å². The van der Waals surface area contributed by atoms with E-state index in [1.807, 2.05) is 6.92 Å². The molecule has 0 radical (unpaired) electrons. The third-order valence-corrected chi connectivity index (χ3v) is 2.29. The summed E-state index contributed by atoms with van der Waals surface area (Å²) in [6.45, 7) is 4.97. The van der Waals surface area contributed by atoms with Crippen molar-refractivity contribution in [2.45, 2.75) is 27.2 Å². The number of esters is 1. The summed E-state index contributed by atoms with van der Waals surface area (Å²) < 4.78 is 18.7. The molecule has 0 aliphatic heterocycles. The van der Waals surface area contributed by atoms with Crippen LogP contribution in [0.1, 0.15) is 27.2 Å². The molecule has 0 aliphatic rings. The van der Waals surface area contributed by atoms with Crippen molar-refractivity contribution in [2.24, 2.45) is 5.41 Å². The van der Waals surface area contributed by atoms with E-state index in [1.165, 1.54) is 0 Å². The maximum absolute atomic E-state index is 11.4. The summed E-state index contributed by atoms with van der Waals surface area (Å²) in [7, 11) is -4.63. The molecule has 96 valence electrons. The van der Waals surface area contributed by atoms with Gasteiger partial charge in [-0.05, 0) is 20.3 Å². The third kappa shape index (κ3) is 6.92. The van der Waals surface area contributed by atoms with Crippen LogP contribution in [0.25, 0.3) is 0 Å². The largest absolute Gasteiger partial charge is 0.496 e. The third-order valence-electron chi connectivity index (χ3n) is 1.99. The molecule has 2 N–H and O–H groups in total. The maximum atomic E-state index is 11.4. The van der Waals surface area contributed by atoms with Gasteiger partial charge in [0.25, 0.3) is 0 Å². The number of rotatable bonds is 7. The number of carbonyl (C=O) groups excluding carboxylic acids is 1. The molecule has 0 saturated carbocycles. The fraction of sp³-hybridized carbons (Fsp3) is 0.875. The van der Waals surface area contributed by atoms with Gasteiger partial charge in [0.1, 0.15) is 13.2 Å². The van der Waals surface area contributed by atoms with Gasteiger partial charge in [-0.2, -0.15) is 0 Å². The average Bonchev–Trinajstić information content (AvgIpc) is 2.15. The molecule has 7 nitrogen and oxygen atoms in total. The summed E-state index contributed by atoms with van der Waals surface area (Å²) in [6, 6.07) is 0. The van der Waals surface area contributed by atoms with Crippen LogP contribution in [0.15, 0.2) is 0 Å². The van der Waals surface area contributed by atoms with Crippen molar-refractivity contribution in [3.05, 3.63) is 0 Å². The highest BCUT2D eigenvalue weighted by molar-refractivity contribution is 7.46. The molecule has 0 fully saturated rings. The molecule has 0 aromatic rings. The average molecular weight is 256 g/mol. The summed E-state index contributed by atoms with van der Waals surface area (Å²) in [5.41, 5.74) is -0.579. The number of hydrogen-bond acceptors (Lipinski definition) is 5. The molecule has 0 unspecified atom stereocenters. The minimum Gasteiger partial charge on any atom is -0.463 e. The lowest BCUT2D eigenvalue weighted by Gasteiger charge is -2.19. The molecule has 0 rings (SSSR count). The lowest BCUT2D eigenvalue weighted by atomic mass is 9.91. The van der Waals surface area contributed by atoms with Crippen LogP contribution in [0, 0.1) is 5.41 Å². The van der Waals surface area contributed by atoms with Crippen LogP contribution >= 0.6 is 7.82 Å². The molecule has 0 aromatic carbocycles. The Morgan fingerprint density at radius 3 is 2.31 bits per heavy atom. The summed E-state index contributed by atoms with van der Waals surface area (Å²) in [6.07, 6.45) is 0.631. The zero-order chi connectivity index (χ0) is 12.8. The van der Waals surface area contributed by atoms with Crippen molar-refractivity contribution in [1.82, 2.24) is 0 Å². The van der Waals surface area contributed by atoms with Gasteiger partial charge in [0.15, 0.2) is 0 Å². The topological polar surface area (TPSA) is 102 Å². The monoisotopic (exact) mass is 256 g/mol. The Hall–Kier alpha value is -0.460. The van der Waals surface area contributed by atoms with E-state index in [4.69, 9.17) is 14.5 Å². The van der Waals surface area contributed by atoms with E-state index >= 15 is 0 Å². The lowest BCUT2D eigenvalue weighted by Crippen LogP contribution is -2.26. The molecule has 0 heterocycles. The van der Waals surface area contributed by atoms with Crippen LogP contribution in [0.3, 0.4) is 0 Å². The highest BCUT2D eigenvalue weighted by Crippen LogP contribution is 2.35. The van der Waals surface area contributed by atoms with Gasteiger partial charge in [0.05, 0.1) is 5.41 Å². The first-order valence-electron chi connectivity index (χ1n) is 4.73. The first kappa shape index (κ1) is 15.5. The molecule has 0 amide bonds. The van der Waals surface area contributed by atoms with Gasteiger partial charge < -0.3 is 14.5 Å². The van der Waals surface area contributed by atoms with Gasteiger partial charge in [-0.25, -0.2) is 9.45 Å². The second-order valence-electron chi connectivity index (χ2n) is 3.76. The fourth-order valence-electron chi connectivity index (χ4n) is 0.614. The maximum Gasteiger partial charge on any atom is 0.496 e. The van der Waals surface area contributed by atoms with E-state index in [2.05, 4.69) is 9.56 Å². The Morgan fingerprint density at radius 1 is 1.31 bits per heavy atom. The highest BCUT2D eigenvalue weighted by Gasteiger charge is 2.26. The molecule has 0 bridgehead atoms. The number of carbonyl (C=O) groups is 1. The van der Waals surface area contributed by atoms with Crippen LogP contribution in [0.2, 0.25) is 0 Å². The van der Waals surface area contributed by atoms with Crippen LogP contribution < -0.4 is 0 Å². The van der Waals surface area contributed by atoms with Crippen LogP contribution in [-0.4, -0.2) is 29.0 Å². The van der Waals surface area contributed by atoms with Gasteiger partial charge in [-0.1, -0.05) is 6.92 Å². The predicted octanol–water partition coefficient (Wildman–Crippen LogP) is 1.01. The van der Waals surface area contributed by atoms with E-state index < -0.39 is 19.2 Å². The molecule has 0 saturated heterocycles. The van der Waals surface area contributed by atoms with Crippen LogP contribution in [0.4, 0.5) is 0 Å². The molecule has 0 aromatic heterocycles. The molecule has 8 heteroatoms. The van der Waals surface area contributed by atoms with Gasteiger partial charge in [-0.15, -0.1) is 4.67 Å². The van der Waals surface area contributed by atoms with E-state index in [-0.39, 0.29) is 13.2 Å². The zero-order valence-corrected chi connectivity index (χ0v) is 10.4. The molecular formula is C8H17O7P. The Bertz CT molecular complexity index is 270. The van der Waals surface area contributed by atoms with E-state index in [9.17, 15) is 9.36 Å². The normalized spacial score (nSPS) is 12.6. The Labute approximate surface area is 93.9 Å². The summed E-state index contributed by atoms with van der Waals surface area (Å²) >= 11 is 0. The van der Waals surface area contributed by atoms with Gasteiger partial charge in [0, 0.05) is 0 Å². The van der Waals surface area contributed by atoms with Gasteiger partial charge >= 0.3 is 13.8 Å². The van der Waals surface area contributed by atoms with Crippen molar-refractivity contribution in [2.75, 3.05) is 13.2 Å². The number of phosphoric acid groups is 1. The van der Waals surface area contributed by atoms with E-state index in [0.29, 0.717) is 6.42 Å². The summed E-state index contributed by atoms with van der Waals surface area (Å²) in [5, 5.41) is 0. The van der Waals surface area contributed by atoms with Crippen molar-refractivity contribution >= 4 is 13.8 Å². The fourth-order valence-corrected chi connectivity index (χ4v) is 0.826. The Balaban J connectivity index is 3.68. The standard InChI is InChI=1S/C8H17O7P/c1-4-8(2,3)7(9)13-5-6-14-15-16(10,11)12/h4-6H2,1-3H3,(H2,10,11,12). The van der Waals surface area contributed by atoms with E-state index in [0.717, 1.165) is 0 Å². The van der Waals surface area contributed by atoms with Crippen LogP contribution in [-0.2, 0) is 23.7 Å². The van der Waals surface area contributed by atoms with Gasteiger partial charge in [0.2, 0.25) is 0 Å². The molecule has 16 heavy (non-hydrogen) atoms. The second-order valence-corrected chi connectivity index (χ2v) is 4.89. The van der Waals surface area contributed by atoms with Crippen LogP contribution in [0.5, 0.6) is 0 Å². The van der Waals surface area contributed by atoms with Gasteiger partial charge in [-0.3, -0.25) is 4.79 Å². The first-order valence-corrected chi connectivity index (χ1v) is 6.26. The first-order chi connectivity index (χ1) is 7.19. The second kappa shape index (κ2) is 6.32. The predicted molar refractivity (Wildman–Crippen MR) is 54.1 cm³/mol. The number of hydrogen-bond donors (Lipinski definition) is 2. The smallest absolute Gasteiger partial charge is 0.463 e. The molecule has 0 aliphatic carbocycles. The summed E-state index contributed by atoms with van der Waals surface area (Å²) in [4.78, 5) is 32.0. The minimum atomic E-state index is -4.63. The SMILES string of the molecule is CCC(C)(C)C(=O)OCCOOP(=O)(O)O.